The van der Waals surface area contributed by atoms with E-state index in [1.165, 1.54) is 9.80 Å². The summed E-state index contributed by atoms with van der Waals surface area (Å²) in [5.41, 5.74) is 1.80. The molecule has 0 bridgehead atoms. The summed E-state index contributed by atoms with van der Waals surface area (Å²) >= 11 is 4.32. The Morgan fingerprint density at radius 3 is 2.27 bits per heavy atom. The smallest absolute Gasteiger partial charge is 0.359 e. The van der Waals surface area contributed by atoms with E-state index in [1.54, 1.807) is 13.0 Å². The number of carbonyl (C=O) groups is 2. The van der Waals surface area contributed by atoms with Crippen LogP contribution in [0.2, 0.25) is 0 Å². The molecule has 0 aliphatic carbocycles. The molecule has 0 atom stereocenters. The second-order valence-corrected chi connectivity index (χ2v) is 4.89. The SMILES string of the molecule is CCN1C(=O)C(=NNc2cc(C)on2)C(=O)N(CC)C1S.[Ni+2]. The van der Waals surface area contributed by atoms with Gasteiger partial charge >= 0.3 is 16.5 Å². The minimum absolute atomic E-state index is 0. The van der Waals surface area contributed by atoms with E-state index in [-0.39, 0.29) is 22.2 Å². The molecule has 1 saturated heterocycles. The first-order valence-corrected chi connectivity index (χ1v) is 7.08. The number of hydrazone groups is 1. The Morgan fingerprint density at radius 2 is 1.86 bits per heavy atom. The van der Waals surface area contributed by atoms with Gasteiger partial charge in [0.15, 0.2) is 11.3 Å². The summed E-state index contributed by atoms with van der Waals surface area (Å²) < 4.78 is 4.88. The first-order valence-electron chi connectivity index (χ1n) is 6.56. The van der Waals surface area contributed by atoms with Crippen LogP contribution in [-0.4, -0.2) is 51.1 Å². The molecule has 1 aromatic heterocycles. The Labute approximate surface area is 143 Å². The van der Waals surface area contributed by atoms with E-state index in [0.717, 1.165) is 0 Å². The third-order valence-corrected chi connectivity index (χ3v) is 3.63. The van der Waals surface area contributed by atoms with Gasteiger partial charge in [0, 0.05) is 19.2 Å². The van der Waals surface area contributed by atoms with Crippen LogP contribution >= 0.6 is 12.6 Å². The summed E-state index contributed by atoms with van der Waals surface area (Å²) in [6.07, 6.45) is 0. The van der Waals surface area contributed by atoms with Crippen LogP contribution in [0.1, 0.15) is 19.6 Å². The molecular weight excluding hydrogens is 353 g/mol. The van der Waals surface area contributed by atoms with Crippen LogP contribution < -0.4 is 5.43 Å². The van der Waals surface area contributed by atoms with Crippen molar-refractivity contribution in [1.82, 2.24) is 15.0 Å². The first kappa shape index (κ1) is 18.5. The van der Waals surface area contributed by atoms with E-state index in [0.29, 0.717) is 24.7 Å². The Hall–Kier alpha value is -1.54. The predicted octanol–water partition coefficient (Wildman–Crippen LogP) is 0.672. The maximum atomic E-state index is 12.3. The van der Waals surface area contributed by atoms with Crippen LogP contribution in [0.25, 0.3) is 0 Å². The molecule has 1 aliphatic rings. The quantitative estimate of drug-likeness (QED) is 0.462. The van der Waals surface area contributed by atoms with Gasteiger partial charge in [0.05, 0.1) is 0 Å². The zero-order chi connectivity index (χ0) is 15.6. The molecule has 1 aliphatic heterocycles. The van der Waals surface area contributed by atoms with Crippen molar-refractivity contribution in [2.24, 2.45) is 5.10 Å². The molecule has 8 nitrogen and oxygen atoms in total. The fourth-order valence-corrected chi connectivity index (χ4v) is 2.52. The Balaban J connectivity index is 0.00000242. The Morgan fingerprint density at radius 1 is 1.32 bits per heavy atom. The van der Waals surface area contributed by atoms with Crippen LogP contribution in [0.3, 0.4) is 0 Å². The van der Waals surface area contributed by atoms with Gasteiger partial charge in [-0.1, -0.05) is 5.16 Å². The number of anilines is 1. The third kappa shape index (κ3) is 3.44. The van der Waals surface area contributed by atoms with Crippen LogP contribution in [0.4, 0.5) is 5.82 Å². The fraction of sp³-hybridized carbons (Fsp3) is 0.500. The average Bonchev–Trinajstić information content (AvgIpc) is 2.85. The molecule has 0 aromatic carbocycles. The summed E-state index contributed by atoms with van der Waals surface area (Å²) in [6.45, 7) is 6.22. The van der Waals surface area contributed by atoms with Gasteiger partial charge in [-0.15, -0.1) is 12.6 Å². The molecule has 1 fully saturated rings. The van der Waals surface area contributed by atoms with Crippen molar-refractivity contribution >= 4 is 36.0 Å². The largest absolute Gasteiger partial charge is 2.00 e. The average molecular weight is 370 g/mol. The summed E-state index contributed by atoms with van der Waals surface area (Å²) in [5.74, 6) is 0.0133. The zero-order valence-electron chi connectivity index (χ0n) is 12.3. The number of rotatable bonds is 4. The minimum Gasteiger partial charge on any atom is -0.359 e. The normalized spacial score (nSPS) is 18.4. The number of hydrogen-bond donors (Lipinski definition) is 2. The number of aryl methyl sites for hydroxylation is 1. The van der Waals surface area contributed by atoms with Gasteiger partial charge in [-0.3, -0.25) is 15.0 Å². The molecule has 2 heterocycles. The van der Waals surface area contributed by atoms with E-state index in [1.807, 2.05) is 13.8 Å². The van der Waals surface area contributed by atoms with Crippen molar-refractivity contribution in [1.29, 1.82) is 0 Å². The van der Waals surface area contributed by atoms with Crippen molar-refractivity contribution in [2.75, 3.05) is 18.5 Å². The molecule has 2 rings (SSSR count). The molecule has 0 saturated carbocycles. The molecule has 0 radical (unpaired) electrons. The van der Waals surface area contributed by atoms with Crippen LogP contribution in [0, 0.1) is 6.92 Å². The van der Waals surface area contributed by atoms with Crippen molar-refractivity contribution in [2.45, 2.75) is 26.3 Å². The van der Waals surface area contributed by atoms with Gasteiger partial charge in [0.1, 0.15) is 5.76 Å². The number of hydrogen-bond acceptors (Lipinski definition) is 7. The molecule has 2 amide bonds. The molecule has 122 valence electrons. The third-order valence-electron chi connectivity index (χ3n) is 3.08. The molecular formula is C12H17N5NiO3S+2. The van der Waals surface area contributed by atoms with E-state index in [4.69, 9.17) is 4.52 Å². The van der Waals surface area contributed by atoms with Crippen LogP contribution in [0.15, 0.2) is 15.7 Å². The second kappa shape index (κ2) is 7.64. The minimum atomic E-state index is -0.576. The van der Waals surface area contributed by atoms with E-state index >= 15 is 0 Å². The zero-order valence-corrected chi connectivity index (χ0v) is 14.2. The molecule has 0 unspecified atom stereocenters. The standard InChI is InChI=1S/C12H17N5O3S.Ni/c1-4-16-10(18)9(11(19)17(5-2)12(16)21)14-13-8-6-7(3)20-15-8;/h6,12,21H,4-5H2,1-3H3,(H,13,15);/q;+2. The van der Waals surface area contributed by atoms with Crippen molar-refractivity contribution < 1.29 is 30.6 Å². The topological polar surface area (TPSA) is 91.0 Å². The summed E-state index contributed by atoms with van der Waals surface area (Å²) in [6, 6.07) is 1.61. The summed E-state index contributed by atoms with van der Waals surface area (Å²) in [7, 11) is 0. The van der Waals surface area contributed by atoms with Gasteiger partial charge in [-0.2, -0.15) is 5.10 Å². The van der Waals surface area contributed by atoms with Crippen molar-refractivity contribution in [3.05, 3.63) is 11.8 Å². The van der Waals surface area contributed by atoms with Crippen LogP contribution in [0.5, 0.6) is 0 Å². The van der Waals surface area contributed by atoms with Gasteiger partial charge in [-0.05, 0) is 20.8 Å². The first-order chi connectivity index (χ1) is 9.99. The van der Waals surface area contributed by atoms with Crippen molar-refractivity contribution in [3.63, 3.8) is 0 Å². The number of nitrogens with zero attached hydrogens (tertiary/aromatic N) is 4. The molecule has 1 N–H and O–H groups in total. The van der Waals surface area contributed by atoms with Gasteiger partial charge in [0.25, 0.3) is 11.8 Å². The number of aromatic nitrogens is 1. The number of amides is 2. The fourth-order valence-electron chi connectivity index (χ4n) is 1.98. The van der Waals surface area contributed by atoms with E-state index < -0.39 is 17.3 Å². The van der Waals surface area contributed by atoms with E-state index in [9.17, 15) is 9.59 Å². The summed E-state index contributed by atoms with van der Waals surface area (Å²) in [4.78, 5) is 27.5. The summed E-state index contributed by atoms with van der Waals surface area (Å²) in [5, 5.41) is 7.57. The van der Waals surface area contributed by atoms with Crippen molar-refractivity contribution in [3.8, 4) is 0 Å². The van der Waals surface area contributed by atoms with Gasteiger partial charge in [-0.25, -0.2) is 0 Å². The maximum absolute atomic E-state index is 12.3. The predicted molar refractivity (Wildman–Crippen MR) is 79.8 cm³/mol. The van der Waals surface area contributed by atoms with Gasteiger partial charge in [0.2, 0.25) is 5.71 Å². The molecule has 10 heteroatoms. The molecule has 0 spiro atoms. The Kier molecular flexibility index (Phi) is 6.43. The maximum Gasteiger partial charge on any atom is 2.00 e. The molecule has 1 aromatic rings. The van der Waals surface area contributed by atoms with Gasteiger partial charge < -0.3 is 14.3 Å². The monoisotopic (exact) mass is 369 g/mol. The number of carbonyl (C=O) groups excluding carboxylic acids is 2. The molecule has 22 heavy (non-hydrogen) atoms. The van der Waals surface area contributed by atoms with E-state index in [2.05, 4.69) is 28.3 Å². The number of thiol groups is 1. The second-order valence-electron chi connectivity index (χ2n) is 4.42. The Bertz CT molecular complexity index is 565. The van der Waals surface area contributed by atoms with Crippen LogP contribution in [-0.2, 0) is 26.1 Å². The number of nitrogens with one attached hydrogen (secondary N) is 1.